The number of pyridine rings is 1. The van der Waals surface area contributed by atoms with Crippen molar-refractivity contribution in [2.75, 3.05) is 43.5 Å². The zero-order valence-electron chi connectivity index (χ0n) is 16.7. The smallest absolute Gasteiger partial charge is 0.255 e. The molecular weight excluding hydrogens is 400 g/mol. The van der Waals surface area contributed by atoms with Gasteiger partial charge < -0.3 is 20.3 Å². The zero-order valence-corrected chi connectivity index (χ0v) is 17.4. The maximum atomic E-state index is 12.8. The lowest BCUT2D eigenvalue weighted by Crippen LogP contribution is -2.43. The fraction of sp³-hybridized carbons (Fsp3) is 0.217. The number of hydrogen-bond acceptors (Lipinski definition) is 5. The molecule has 3 aromatic rings. The predicted octanol–water partition coefficient (Wildman–Crippen LogP) is 4.07. The summed E-state index contributed by atoms with van der Waals surface area (Å²) in [5, 5.41) is 6.82. The normalized spacial score (nSPS) is 13.7. The Balaban J connectivity index is 1.50. The fourth-order valence-electron chi connectivity index (χ4n) is 3.49. The van der Waals surface area contributed by atoms with Gasteiger partial charge in [-0.15, -0.1) is 0 Å². The van der Waals surface area contributed by atoms with E-state index in [1.165, 1.54) is 0 Å². The van der Waals surface area contributed by atoms with Crippen LogP contribution in [0.5, 0.6) is 5.75 Å². The Kier molecular flexibility index (Phi) is 6.16. The lowest BCUT2D eigenvalue weighted by atomic mass is 10.1. The SMILES string of the molecule is COc1cc(C(=O)Nc2ccc(N3CCNCC3)cc2)ccc1-c1ncccc1Cl. The van der Waals surface area contributed by atoms with E-state index in [0.29, 0.717) is 22.0 Å². The van der Waals surface area contributed by atoms with Crippen LogP contribution in [-0.2, 0) is 0 Å². The van der Waals surface area contributed by atoms with E-state index in [1.54, 1.807) is 43.6 Å². The molecule has 0 unspecified atom stereocenters. The van der Waals surface area contributed by atoms with Crippen LogP contribution in [0.15, 0.2) is 60.8 Å². The first-order valence-electron chi connectivity index (χ1n) is 9.82. The van der Waals surface area contributed by atoms with E-state index < -0.39 is 0 Å². The van der Waals surface area contributed by atoms with Gasteiger partial charge in [-0.05, 0) is 54.6 Å². The summed E-state index contributed by atoms with van der Waals surface area (Å²) in [6, 6.07) is 16.7. The number of rotatable bonds is 5. The van der Waals surface area contributed by atoms with Gasteiger partial charge in [-0.3, -0.25) is 9.78 Å². The van der Waals surface area contributed by atoms with Gasteiger partial charge in [-0.1, -0.05) is 11.6 Å². The predicted molar refractivity (Wildman–Crippen MR) is 121 cm³/mol. The molecule has 1 fully saturated rings. The molecule has 1 amide bonds. The highest BCUT2D eigenvalue weighted by Crippen LogP contribution is 2.34. The van der Waals surface area contributed by atoms with Gasteiger partial charge in [0.1, 0.15) is 5.75 Å². The Morgan fingerprint density at radius 2 is 1.90 bits per heavy atom. The minimum Gasteiger partial charge on any atom is -0.496 e. The Morgan fingerprint density at radius 3 is 2.60 bits per heavy atom. The standard InChI is InChI=1S/C23H23ClN4O2/c1-30-21-15-16(4-9-19(21)22-20(24)3-2-10-26-22)23(29)27-17-5-7-18(8-6-17)28-13-11-25-12-14-28/h2-10,15,25H,11-14H2,1H3,(H,27,29). The highest BCUT2D eigenvalue weighted by Gasteiger charge is 2.15. The van der Waals surface area contributed by atoms with E-state index in [9.17, 15) is 4.79 Å². The summed E-state index contributed by atoms with van der Waals surface area (Å²) >= 11 is 6.26. The summed E-state index contributed by atoms with van der Waals surface area (Å²) in [6.45, 7) is 3.94. The third-order valence-corrected chi connectivity index (χ3v) is 5.39. The van der Waals surface area contributed by atoms with E-state index in [1.807, 2.05) is 24.3 Å². The molecule has 2 aromatic carbocycles. The van der Waals surface area contributed by atoms with E-state index in [2.05, 4.69) is 20.5 Å². The molecule has 0 aliphatic carbocycles. The third-order valence-electron chi connectivity index (χ3n) is 5.08. The summed E-state index contributed by atoms with van der Waals surface area (Å²) in [5.74, 6) is 0.333. The highest BCUT2D eigenvalue weighted by molar-refractivity contribution is 6.33. The quantitative estimate of drug-likeness (QED) is 0.648. The number of ether oxygens (including phenoxy) is 1. The zero-order chi connectivity index (χ0) is 20.9. The van der Waals surface area contributed by atoms with Crippen molar-refractivity contribution in [1.82, 2.24) is 10.3 Å². The summed E-state index contributed by atoms with van der Waals surface area (Å²) in [6.07, 6.45) is 1.67. The monoisotopic (exact) mass is 422 g/mol. The van der Waals surface area contributed by atoms with Crippen LogP contribution in [0.4, 0.5) is 11.4 Å². The molecule has 1 aliphatic heterocycles. The van der Waals surface area contributed by atoms with Crippen molar-refractivity contribution in [3.63, 3.8) is 0 Å². The van der Waals surface area contributed by atoms with E-state index in [4.69, 9.17) is 16.3 Å². The van der Waals surface area contributed by atoms with Gasteiger partial charge in [0.2, 0.25) is 0 Å². The first-order chi connectivity index (χ1) is 14.7. The van der Waals surface area contributed by atoms with Crippen LogP contribution < -0.4 is 20.3 Å². The van der Waals surface area contributed by atoms with E-state index in [-0.39, 0.29) is 5.91 Å². The Hall–Kier alpha value is -3.09. The largest absolute Gasteiger partial charge is 0.496 e. The molecule has 0 bridgehead atoms. The molecule has 0 radical (unpaired) electrons. The number of nitrogens with zero attached hydrogens (tertiary/aromatic N) is 2. The molecule has 0 spiro atoms. The average Bonchev–Trinajstić information content (AvgIpc) is 2.80. The number of piperazine rings is 1. The van der Waals surface area contributed by atoms with Crippen molar-refractivity contribution in [2.24, 2.45) is 0 Å². The maximum absolute atomic E-state index is 12.8. The van der Waals surface area contributed by atoms with Crippen molar-refractivity contribution >= 4 is 28.9 Å². The number of halogens is 1. The van der Waals surface area contributed by atoms with Crippen molar-refractivity contribution in [3.05, 3.63) is 71.4 Å². The number of methoxy groups -OCH3 is 1. The van der Waals surface area contributed by atoms with Crippen molar-refractivity contribution in [3.8, 4) is 17.0 Å². The van der Waals surface area contributed by atoms with Crippen LogP contribution in [0.3, 0.4) is 0 Å². The fourth-order valence-corrected chi connectivity index (χ4v) is 3.72. The summed E-state index contributed by atoms with van der Waals surface area (Å²) in [7, 11) is 1.56. The lowest BCUT2D eigenvalue weighted by molar-refractivity contribution is 0.102. The topological polar surface area (TPSA) is 66.5 Å². The first-order valence-corrected chi connectivity index (χ1v) is 10.2. The minimum absolute atomic E-state index is 0.207. The van der Waals surface area contributed by atoms with Crippen LogP contribution in [0.1, 0.15) is 10.4 Å². The lowest BCUT2D eigenvalue weighted by Gasteiger charge is -2.29. The van der Waals surface area contributed by atoms with Gasteiger partial charge in [0.05, 0.1) is 17.8 Å². The molecule has 2 N–H and O–H groups in total. The van der Waals surface area contributed by atoms with Gasteiger partial charge >= 0.3 is 0 Å². The van der Waals surface area contributed by atoms with E-state index >= 15 is 0 Å². The Morgan fingerprint density at radius 1 is 1.13 bits per heavy atom. The van der Waals surface area contributed by atoms with Crippen molar-refractivity contribution < 1.29 is 9.53 Å². The molecule has 1 aromatic heterocycles. The van der Waals surface area contributed by atoms with Crippen LogP contribution in [0, 0.1) is 0 Å². The van der Waals surface area contributed by atoms with Crippen molar-refractivity contribution in [1.29, 1.82) is 0 Å². The molecule has 7 heteroatoms. The third kappa shape index (κ3) is 4.40. The van der Waals surface area contributed by atoms with Crippen LogP contribution in [-0.4, -0.2) is 44.2 Å². The van der Waals surface area contributed by atoms with Gasteiger partial charge in [0.25, 0.3) is 5.91 Å². The molecule has 1 aliphatic rings. The summed E-state index contributed by atoms with van der Waals surface area (Å²) in [5.41, 5.74) is 3.75. The Bertz CT molecular complexity index is 1030. The molecule has 6 nitrogen and oxygen atoms in total. The number of hydrogen-bond donors (Lipinski definition) is 2. The van der Waals surface area contributed by atoms with Crippen molar-refractivity contribution in [2.45, 2.75) is 0 Å². The molecule has 30 heavy (non-hydrogen) atoms. The maximum Gasteiger partial charge on any atom is 0.255 e. The molecular formula is C23H23ClN4O2. The van der Waals surface area contributed by atoms with E-state index in [0.717, 1.165) is 43.1 Å². The molecule has 154 valence electrons. The molecule has 2 heterocycles. The van der Waals surface area contributed by atoms with Gasteiger partial charge in [-0.2, -0.15) is 0 Å². The summed E-state index contributed by atoms with van der Waals surface area (Å²) in [4.78, 5) is 19.4. The number of benzene rings is 2. The van der Waals surface area contributed by atoms with Gasteiger partial charge in [-0.25, -0.2) is 0 Å². The van der Waals surface area contributed by atoms with Gasteiger partial charge in [0.15, 0.2) is 0 Å². The van der Waals surface area contributed by atoms with Crippen LogP contribution >= 0.6 is 11.6 Å². The average molecular weight is 423 g/mol. The number of aromatic nitrogens is 1. The van der Waals surface area contributed by atoms with Crippen LogP contribution in [0.2, 0.25) is 5.02 Å². The number of anilines is 2. The molecule has 1 saturated heterocycles. The Labute approximate surface area is 180 Å². The number of carbonyl (C=O) groups is 1. The van der Waals surface area contributed by atoms with Gasteiger partial charge in [0, 0.05) is 54.9 Å². The molecule has 0 saturated carbocycles. The minimum atomic E-state index is -0.207. The molecule has 0 atom stereocenters. The summed E-state index contributed by atoms with van der Waals surface area (Å²) < 4.78 is 5.49. The molecule has 4 rings (SSSR count). The number of carbonyl (C=O) groups excluding carboxylic acids is 1. The first kappa shape index (κ1) is 20.2. The highest BCUT2D eigenvalue weighted by atomic mass is 35.5. The van der Waals surface area contributed by atoms with Crippen LogP contribution in [0.25, 0.3) is 11.3 Å². The second kappa shape index (κ2) is 9.15. The second-order valence-corrected chi connectivity index (χ2v) is 7.39. The second-order valence-electron chi connectivity index (χ2n) is 6.99. The number of nitrogens with one attached hydrogen (secondary N) is 2. The number of amides is 1.